The molecule has 0 saturated carbocycles. The van der Waals surface area contributed by atoms with Crippen molar-refractivity contribution in [2.75, 3.05) is 0 Å². The molecule has 94 valence electrons. The quantitative estimate of drug-likeness (QED) is 0.500. The van der Waals surface area contributed by atoms with E-state index < -0.39 is 0 Å². The van der Waals surface area contributed by atoms with E-state index in [1.807, 2.05) is 0 Å². The van der Waals surface area contributed by atoms with Gasteiger partial charge in [-0.3, -0.25) is 0 Å². The Balaban J connectivity index is 2.83. The third-order valence-corrected chi connectivity index (χ3v) is 11.2. The Labute approximate surface area is 119 Å². The second-order valence-corrected chi connectivity index (χ2v) is 11.2. The number of benzene rings is 1. The predicted octanol–water partition coefficient (Wildman–Crippen LogP) is 4.38. The Kier molecular flexibility index (Phi) is 6.59. The first-order valence-electron chi connectivity index (χ1n) is 5.91. The first-order valence-corrected chi connectivity index (χ1v) is 11.0. The van der Waals surface area contributed by atoms with Crippen molar-refractivity contribution in [2.24, 2.45) is 0 Å². The average Bonchev–Trinajstić information content (AvgIpc) is 2.39. The van der Waals surface area contributed by atoms with Crippen LogP contribution in [0.4, 0.5) is 0 Å². The fourth-order valence-electron chi connectivity index (χ4n) is 1.96. The van der Waals surface area contributed by atoms with Gasteiger partial charge >= 0.3 is 119 Å². The van der Waals surface area contributed by atoms with E-state index in [0.29, 0.717) is 9.13 Å². The van der Waals surface area contributed by atoms with Crippen LogP contribution in [0.3, 0.4) is 0 Å². The molecular formula is C15H22Se2. The van der Waals surface area contributed by atoms with Gasteiger partial charge in [0.2, 0.25) is 0 Å². The average molecular weight is 360 g/mol. The van der Waals surface area contributed by atoms with Crippen LogP contribution in [0.2, 0.25) is 14.9 Å². The molecule has 17 heavy (non-hydrogen) atoms. The molecule has 0 nitrogen and oxygen atoms in total. The second kappa shape index (κ2) is 7.44. The Morgan fingerprint density at radius 3 is 2.29 bits per heavy atom. The zero-order valence-electron chi connectivity index (χ0n) is 11.0. The van der Waals surface area contributed by atoms with Crippen LogP contribution in [-0.4, -0.2) is 29.9 Å². The molecule has 0 saturated heterocycles. The SMILES string of the molecule is C=CCC(CC(C)([Se]C)[Se]C)c1ccccc1. The van der Waals surface area contributed by atoms with E-state index in [4.69, 9.17) is 0 Å². The Morgan fingerprint density at radius 1 is 1.24 bits per heavy atom. The van der Waals surface area contributed by atoms with E-state index in [1.54, 1.807) is 0 Å². The Hall–Kier alpha value is -0.00104. The molecule has 1 atom stereocenters. The first kappa shape index (κ1) is 15.1. The first-order chi connectivity index (χ1) is 8.15. The maximum absolute atomic E-state index is 3.92. The number of hydrogen-bond acceptors (Lipinski definition) is 0. The summed E-state index contributed by atoms with van der Waals surface area (Å²) >= 11 is 1.46. The molecule has 0 aliphatic rings. The molecule has 0 bridgehead atoms. The summed E-state index contributed by atoms with van der Waals surface area (Å²) in [6.07, 6.45) is 4.49. The van der Waals surface area contributed by atoms with Crippen molar-refractivity contribution in [3.63, 3.8) is 0 Å². The van der Waals surface area contributed by atoms with Crippen LogP contribution in [0.5, 0.6) is 0 Å². The van der Waals surface area contributed by atoms with Crippen LogP contribution in [0, 0.1) is 0 Å². The van der Waals surface area contributed by atoms with Crippen LogP contribution in [0.25, 0.3) is 0 Å². The summed E-state index contributed by atoms with van der Waals surface area (Å²) in [5, 5.41) is 0. The van der Waals surface area contributed by atoms with Crippen LogP contribution >= 0.6 is 0 Å². The van der Waals surface area contributed by atoms with Gasteiger partial charge in [-0.1, -0.05) is 0 Å². The third-order valence-electron chi connectivity index (χ3n) is 3.20. The predicted molar refractivity (Wildman–Crippen MR) is 80.2 cm³/mol. The number of allylic oxidation sites excluding steroid dienone is 1. The van der Waals surface area contributed by atoms with Gasteiger partial charge in [0.05, 0.1) is 0 Å². The summed E-state index contributed by atoms with van der Waals surface area (Å²) < 4.78 is 0.587. The van der Waals surface area contributed by atoms with E-state index in [-0.39, 0.29) is 0 Å². The summed E-state index contributed by atoms with van der Waals surface area (Å²) in [5.74, 6) is 5.42. The minimum absolute atomic E-state index is 0.587. The van der Waals surface area contributed by atoms with Gasteiger partial charge in [-0.2, -0.15) is 0 Å². The molecule has 1 aromatic carbocycles. The molecule has 0 radical (unpaired) electrons. The van der Waals surface area contributed by atoms with E-state index in [1.165, 1.54) is 12.0 Å². The molecule has 1 unspecified atom stereocenters. The molecule has 0 heterocycles. The molecule has 1 rings (SSSR count). The van der Waals surface area contributed by atoms with Crippen LogP contribution in [0.15, 0.2) is 43.0 Å². The van der Waals surface area contributed by atoms with Gasteiger partial charge in [0, 0.05) is 0 Å². The summed E-state index contributed by atoms with van der Waals surface area (Å²) in [6, 6.07) is 10.9. The van der Waals surface area contributed by atoms with Gasteiger partial charge in [-0.05, 0) is 0 Å². The molecule has 0 aliphatic carbocycles. The van der Waals surface area contributed by atoms with Crippen molar-refractivity contribution in [1.82, 2.24) is 0 Å². The van der Waals surface area contributed by atoms with Crippen LogP contribution in [0.1, 0.15) is 31.2 Å². The van der Waals surface area contributed by atoms with Gasteiger partial charge in [0.1, 0.15) is 0 Å². The number of hydrogen-bond donors (Lipinski definition) is 0. The van der Waals surface area contributed by atoms with Crippen molar-refractivity contribution in [1.29, 1.82) is 0 Å². The molecule has 0 aromatic heterocycles. The van der Waals surface area contributed by atoms with Crippen molar-refractivity contribution >= 4 is 29.9 Å². The molecule has 1 aromatic rings. The summed E-state index contributed by atoms with van der Waals surface area (Å²) in [7, 11) is 0. The van der Waals surface area contributed by atoms with Crippen molar-refractivity contribution in [3.8, 4) is 0 Å². The van der Waals surface area contributed by atoms with Crippen molar-refractivity contribution in [3.05, 3.63) is 48.6 Å². The topological polar surface area (TPSA) is 0 Å². The summed E-state index contributed by atoms with van der Waals surface area (Å²) in [4.78, 5) is 0. The van der Waals surface area contributed by atoms with Crippen LogP contribution in [-0.2, 0) is 0 Å². The Bertz CT molecular complexity index is 328. The molecule has 2 heteroatoms. The van der Waals surface area contributed by atoms with Gasteiger partial charge in [-0.15, -0.1) is 0 Å². The van der Waals surface area contributed by atoms with E-state index in [0.717, 1.165) is 36.3 Å². The standard InChI is InChI=1S/C15H22Se2/c1-5-9-14(12-15(2,16-3)17-4)13-10-7-6-8-11-13/h5-8,10-11,14H,1,9,12H2,2-4H3. The summed E-state index contributed by atoms with van der Waals surface area (Å²) in [6.45, 7) is 6.38. The molecular weight excluding hydrogens is 338 g/mol. The van der Waals surface area contributed by atoms with Gasteiger partial charge in [0.25, 0.3) is 0 Å². The van der Waals surface area contributed by atoms with E-state index in [9.17, 15) is 0 Å². The molecule has 0 aliphatic heterocycles. The van der Waals surface area contributed by atoms with Crippen molar-refractivity contribution < 1.29 is 0 Å². The van der Waals surface area contributed by atoms with Crippen molar-refractivity contribution in [2.45, 2.75) is 40.5 Å². The normalized spacial score (nSPS) is 13.4. The summed E-state index contributed by atoms with van der Waals surface area (Å²) in [5.41, 5.74) is 1.48. The monoisotopic (exact) mass is 362 g/mol. The van der Waals surface area contributed by atoms with E-state index in [2.05, 4.69) is 61.6 Å². The van der Waals surface area contributed by atoms with Gasteiger partial charge in [0.15, 0.2) is 0 Å². The minimum atomic E-state index is 0.587. The number of rotatable bonds is 7. The molecule has 0 spiro atoms. The fraction of sp³-hybridized carbons (Fsp3) is 0.467. The molecule has 0 fully saturated rings. The molecule has 0 N–H and O–H groups in total. The van der Waals surface area contributed by atoms with Crippen LogP contribution < -0.4 is 0 Å². The molecule has 0 amide bonds. The maximum atomic E-state index is 3.92. The van der Waals surface area contributed by atoms with E-state index >= 15 is 0 Å². The zero-order valence-corrected chi connectivity index (χ0v) is 14.4. The zero-order chi connectivity index (χ0) is 12.7. The van der Waals surface area contributed by atoms with Gasteiger partial charge in [-0.25, -0.2) is 0 Å². The second-order valence-electron chi connectivity index (χ2n) is 4.38. The Morgan fingerprint density at radius 2 is 1.82 bits per heavy atom. The third kappa shape index (κ3) is 4.64. The van der Waals surface area contributed by atoms with Gasteiger partial charge < -0.3 is 0 Å². The fourth-order valence-corrected chi connectivity index (χ4v) is 5.67.